The summed E-state index contributed by atoms with van der Waals surface area (Å²) in [5.74, 6) is 0.294. The minimum Gasteiger partial charge on any atom is -0.350 e. The van der Waals surface area contributed by atoms with E-state index in [4.69, 9.17) is 0 Å². The second-order valence-electron chi connectivity index (χ2n) is 4.86. The average Bonchev–Trinajstić information content (AvgIpc) is 3.11. The molecule has 2 heterocycles. The number of nitrogens with one attached hydrogen (secondary N) is 1. The van der Waals surface area contributed by atoms with Crippen LogP contribution in [0.15, 0.2) is 53.8 Å². The molecule has 0 aliphatic rings. The van der Waals surface area contributed by atoms with Crippen LogP contribution in [0.4, 0.5) is 0 Å². The van der Waals surface area contributed by atoms with Crippen molar-refractivity contribution in [3.63, 3.8) is 0 Å². The predicted octanol–water partition coefficient (Wildman–Crippen LogP) is 0.859. The zero-order chi connectivity index (χ0) is 16.9. The zero-order valence-electron chi connectivity index (χ0n) is 12.5. The first-order valence-electron chi connectivity index (χ1n) is 7.10. The number of hydrogen-bond donors (Lipinski definition) is 1. The number of amides is 1. The van der Waals surface area contributed by atoms with Gasteiger partial charge >= 0.3 is 0 Å². The molecule has 0 saturated heterocycles. The number of carbonyl (C=O) groups is 1. The molecular formula is C15H13IN6O2. The van der Waals surface area contributed by atoms with E-state index in [1.165, 1.54) is 28.1 Å². The van der Waals surface area contributed by atoms with Crippen molar-refractivity contribution >= 4 is 28.5 Å². The normalized spacial score (nSPS) is 10.5. The third kappa shape index (κ3) is 3.85. The van der Waals surface area contributed by atoms with Crippen LogP contribution < -0.4 is 10.9 Å². The maximum absolute atomic E-state index is 12.0. The molecule has 0 unspecified atom stereocenters. The van der Waals surface area contributed by atoms with Crippen molar-refractivity contribution in [2.24, 2.45) is 0 Å². The molecule has 0 spiro atoms. The Balaban J connectivity index is 1.64. The number of hydrogen-bond acceptors (Lipinski definition) is 5. The van der Waals surface area contributed by atoms with Crippen molar-refractivity contribution in [1.29, 1.82) is 0 Å². The summed E-state index contributed by atoms with van der Waals surface area (Å²) >= 11 is 2.18. The molecule has 0 fully saturated rings. The second kappa shape index (κ2) is 7.34. The summed E-state index contributed by atoms with van der Waals surface area (Å²) in [6.07, 6.45) is 2.88. The van der Waals surface area contributed by atoms with E-state index in [2.05, 4.69) is 43.1 Å². The van der Waals surface area contributed by atoms with Crippen molar-refractivity contribution in [1.82, 2.24) is 29.9 Å². The SMILES string of the molecule is O=C(NCCn1nc(-n2cncn2)ccc1=O)c1ccc(I)cc1. The molecule has 8 nitrogen and oxygen atoms in total. The lowest BCUT2D eigenvalue weighted by molar-refractivity contribution is 0.0951. The van der Waals surface area contributed by atoms with Gasteiger partial charge in [0, 0.05) is 21.7 Å². The van der Waals surface area contributed by atoms with Crippen molar-refractivity contribution in [2.75, 3.05) is 6.54 Å². The highest BCUT2D eigenvalue weighted by Gasteiger charge is 2.06. The van der Waals surface area contributed by atoms with E-state index in [1.54, 1.807) is 18.2 Å². The van der Waals surface area contributed by atoms with Crippen LogP contribution >= 0.6 is 22.6 Å². The highest BCUT2D eigenvalue weighted by molar-refractivity contribution is 14.1. The molecule has 0 radical (unpaired) electrons. The Morgan fingerprint density at radius 2 is 1.96 bits per heavy atom. The minimum absolute atomic E-state index is 0.188. The third-order valence-electron chi connectivity index (χ3n) is 3.22. The Hall–Kier alpha value is -2.56. The number of halogens is 1. The van der Waals surface area contributed by atoms with Crippen LogP contribution in [0.25, 0.3) is 5.82 Å². The number of rotatable bonds is 5. The lowest BCUT2D eigenvalue weighted by Gasteiger charge is -2.08. The third-order valence-corrected chi connectivity index (χ3v) is 3.94. The van der Waals surface area contributed by atoms with Gasteiger partial charge in [-0.05, 0) is 52.9 Å². The maximum atomic E-state index is 12.0. The molecule has 122 valence electrons. The Morgan fingerprint density at radius 3 is 2.67 bits per heavy atom. The first-order valence-corrected chi connectivity index (χ1v) is 8.18. The van der Waals surface area contributed by atoms with E-state index < -0.39 is 0 Å². The Morgan fingerprint density at radius 1 is 1.17 bits per heavy atom. The summed E-state index contributed by atoms with van der Waals surface area (Å²) < 4.78 is 3.80. The summed E-state index contributed by atoms with van der Waals surface area (Å²) in [6, 6.07) is 10.2. The first kappa shape index (κ1) is 16.3. The lowest BCUT2D eigenvalue weighted by atomic mass is 10.2. The Bertz CT molecular complexity index is 889. The minimum atomic E-state index is -0.248. The Kier molecular flexibility index (Phi) is 4.99. The molecule has 3 aromatic rings. The first-order chi connectivity index (χ1) is 11.6. The van der Waals surface area contributed by atoms with Gasteiger partial charge in [0.15, 0.2) is 5.82 Å². The fourth-order valence-corrected chi connectivity index (χ4v) is 2.39. The molecule has 0 atom stereocenters. The van der Waals surface area contributed by atoms with Crippen LogP contribution in [0, 0.1) is 3.57 Å². The monoisotopic (exact) mass is 436 g/mol. The van der Waals surface area contributed by atoms with Crippen LogP contribution in [0.3, 0.4) is 0 Å². The zero-order valence-corrected chi connectivity index (χ0v) is 14.6. The lowest BCUT2D eigenvalue weighted by Crippen LogP contribution is -2.32. The topological polar surface area (TPSA) is 94.7 Å². The molecule has 24 heavy (non-hydrogen) atoms. The molecular weight excluding hydrogens is 423 g/mol. The number of nitrogens with zero attached hydrogens (tertiary/aromatic N) is 5. The molecule has 1 aromatic carbocycles. The van der Waals surface area contributed by atoms with Crippen LogP contribution in [-0.4, -0.2) is 37.0 Å². The molecule has 0 saturated carbocycles. The van der Waals surface area contributed by atoms with Crippen LogP contribution in [-0.2, 0) is 6.54 Å². The molecule has 0 bridgehead atoms. The molecule has 3 rings (SSSR count). The largest absolute Gasteiger partial charge is 0.350 e. The quantitative estimate of drug-likeness (QED) is 0.599. The van der Waals surface area contributed by atoms with Gasteiger partial charge in [-0.1, -0.05) is 0 Å². The van der Waals surface area contributed by atoms with Crippen molar-refractivity contribution < 1.29 is 4.79 Å². The summed E-state index contributed by atoms with van der Waals surface area (Å²) in [4.78, 5) is 27.7. The number of benzene rings is 1. The van der Waals surface area contributed by atoms with E-state index in [0.29, 0.717) is 17.9 Å². The summed E-state index contributed by atoms with van der Waals surface area (Å²) in [5, 5.41) is 11.0. The Labute approximate surface area is 150 Å². The van der Waals surface area contributed by atoms with E-state index in [-0.39, 0.29) is 18.0 Å². The van der Waals surface area contributed by atoms with Gasteiger partial charge in [-0.3, -0.25) is 9.59 Å². The van der Waals surface area contributed by atoms with Gasteiger partial charge in [-0.2, -0.15) is 5.10 Å². The molecule has 1 N–H and O–H groups in total. The predicted molar refractivity (Wildman–Crippen MR) is 94.9 cm³/mol. The van der Waals surface area contributed by atoms with Crippen molar-refractivity contribution in [2.45, 2.75) is 6.54 Å². The molecule has 1 amide bonds. The van der Waals surface area contributed by atoms with Gasteiger partial charge in [0.1, 0.15) is 12.7 Å². The standard InChI is InChI=1S/C15H13IN6O2/c16-12-3-1-11(2-4-12)15(24)18-7-8-21-14(23)6-5-13(20-21)22-10-17-9-19-22/h1-6,9-10H,7-8H2,(H,18,24). The van der Waals surface area contributed by atoms with Crippen molar-refractivity contribution in [3.8, 4) is 5.82 Å². The molecule has 0 aliphatic heterocycles. The molecule has 9 heteroatoms. The van der Waals surface area contributed by atoms with E-state index in [9.17, 15) is 9.59 Å². The van der Waals surface area contributed by atoms with Gasteiger partial charge in [-0.15, -0.1) is 5.10 Å². The van der Waals surface area contributed by atoms with Gasteiger partial charge in [0.25, 0.3) is 11.5 Å². The summed E-state index contributed by atoms with van der Waals surface area (Å²) in [5.41, 5.74) is 0.328. The van der Waals surface area contributed by atoms with Crippen LogP contribution in [0.2, 0.25) is 0 Å². The highest BCUT2D eigenvalue weighted by Crippen LogP contribution is 2.06. The fraction of sp³-hybridized carbons (Fsp3) is 0.133. The summed E-state index contributed by atoms with van der Waals surface area (Å²) in [6.45, 7) is 0.552. The number of carbonyl (C=O) groups excluding carboxylic acids is 1. The van der Waals surface area contributed by atoms with Crippen molar-refractivity contribution in [3.05, 3.63) is 68.5 Å². The van der Waals surface area contributed by atoms with Crippen LogP contribution in [0.1, 0.15) is 10.4 Å². The van der Waals surface area contributed by atoms with Gasteiger partial charge in [0.05, 0.1) is 6.54 Å². The smallest absolute Gasteiger partial charge is 0.266 e. The second-order valence-corrected chi connectivity index (χ2v) is 6.10. The van der Waals surface area contributed by atoms with Crippen LogP contribution in [0.5, 0.6) is 0 Å². The van der Waals surface area contributed by atoms with E-state index in [1.807, 2.05) is 12.1 Å². The average molecular weight is 436 g/mol. The highest BCUT2D eigenvalue weighted by atomic mass is 127. The molecule has 0 aliphatic carbocycles. The molecule has 2 aromatic heterocycles. The van der Waals surface area contributed by atoms with Gasteiger partial charge < -0.3 is 5.32 Å². The maximum Gasteiger partial charge on any atom is 0.266 e. The van der Waals surface area contributed by atoms with Gasteiger partial charge in [-0.25, -0.2) is 14.3 Å². The summed E-state index contributed by atoms with van der Waals surface area (Å²) in [7, 11) is 0. The van der Waals surface area contributed by atoms with Gasteiger partial charge in [0.2, 0.25) is 0 Å². The van der Waals surface area contributed by atoms with E-state index in [0.717, 1.165) is 3.57 Å². The fourth-order valence-electron chi connectivity index (χ4n) is 2.03. The number of aromatic nitrogens is 5. The van der Waals surface area contributed by atoms with E-state index >= 15 is 0 Å².